The Hall–Kier alpha value is -2.72. The first kappa shape index (κ1) is 17.1. The lowest BCUT2D eigenvalue weighted by atomic mass is 10.0. The number of likely N-dealkylation sites (N-methyl/N-ethyl adjacent to an activating group) is 1. The van der Waals surface area contributed by atoms with E-state index in [4.69, 9.17) is 5.73 Å². The van der Waals surface area contributed by atoms with E-state index in [1.165, 1.54) is 12.1 Å². The summed E-state index contributed by atoms with van der Waals surface area (Å²) in [6.07, 6.45) is 0.469. The number of nitrogens with two attached hydrogens (primary N) is 1. The van der Waals surface area contributed by atoms with Crippen LogP contribution < -0.4 is 5.73 Å². The van der Waals surface area contributed by atoms with Gasteiger partial charge in [0.25, 0.3) is 0 Å². The van der Waals surface area contributed by atoms with E-state index in [2.05, 4.69) is 12.1 Å². The Morgan fingerprint density at radius 3 is 2.52 bits per heavy atom. The normalized spacial score (nSPS) is 12.1. The van der Waals surface area contributed by atoms with Gasteiger partial charge >= 0.3 is 0 Å². The van der Waals surface area contributed by atoms with E-state index in [9.17, 15) is 9.18 Å². The van der Waals surface area contributed by atoms with Crippen LogP contribution in [0, 0.1) is 5.82 Å². The zero-order chi connectivity index (χ0) is 17.8. The Morgan fingerprint density at radius 1 is 1.00 bits per heavy atom. The summed E-state index contributed by atoms with van der Waals surface area (Å²) in [5.74, 6) is -0.462. The van der Waals surface area contributed by atoms with Gasteiger partial charge in [-0.2, -0.15) is 0 Å². The first-order chi connectivity index (χ1) is 12.0. The number of hydrogen-bond donors (Lipinski definition) is 1. The molecule has 1 unspecified atom stereocenters. The summed E-state index contributed by atoms with van der Waals surface area (Å²) in [6, 6.07) is 19.8. The van der Waals surface area contributed by atoms with Crippen LogP contribution >= 0.6 is 0 Å². The van der Waals surface area contributed by atoms with Crippen molar-refractivity contribution in [2.24, 2.45) is 5.73 Å². The first-order valence-corrected chi connectivity index (χ1v) is 8.25. The summed E-state index contributed by atoms with van der Waals surface area (Å²) in [5.41, 5.74) is 7.88. The van der Waals surface area contributed by atoms with Gasteiger partial charge in [-0.1, -0.05) is 54.6 Å². The number of benzene rings is 3. The second-order valence-electron chi connectivity index (χ2n) is 6.32. The van der Waals surface area contributed by atoms with Crippen molar-refractivity contribution in [2.75, 3.05) is 7.05 Å². The Bertz CT molecular complexity index is 894. The molecule has 3 rings (SSSR count). The molecule has 1 amide bonds. The van der Waals surface area contributed by atoms with Crippen molar-refractivity contribution in [2.45, 2.75) is 19.0 Å². The maximum atomic E-state index is 13.3. The molecule has 4 heteroatoms. The molecule has 0 saturated heterocycles. The molecule has 0 radical (unpaired) electrons. The fourth-order valence-corrected chi connectivity index (χ4v) is 2.98. The molecule has 0 aliphatic carbocycles. The van der Waals surface area contributed by atoms with Gasteiger partial charge in [-0.25, -0.2) is 4.39 Å². The largest absolute Gasteiger partial charge is 0.340 e. The summed E-state index contributed by atoms with van der Waals surface area (Å²) in [4.78, 5) is 14.0. The van der Waals surface area contributed by atoms with Crippen molar-refractivity contribution in [3.05, 3.63) is 83.7 Å². The minimum Gasteiger partial charge on any atom is -0.340 e. The quantitative estimate of drug-likeness (QED) is 0.775. The lowest BCUT2D eigenvalue weighted by Gasteiger charge is -2.21. The van der Waals surface area contributed by atoms with E-state index in [1.807, 2.05) is 30.3 Å². The van der Waals surface area contributed by atoms with E-state index < -0.39 is 6.04 Å². The lowest BCUT2D eigenvalue weighted by molar-refractivity contribution is -0.131. The zero-order valence-electron chi connectivity index (χ0n) is 14.2. The van der Waals surface area contributed by atoms with Crippen LogP contribution in [0.25, 0.3) is 10.8 Å². The van der Waals surface area contributed by atoms with Crippen LogP contribution in [-0.2, 0) is 17.8 Å². The van der Waals surface area contributed by atoms with Crippen LogP contribution in [0.15, 0.2) is 66.7 Å². The van der Waals surface area contributed by atoms with Crippen molar-refractivity contribution >= 4 is 16.7 Å². The molecule has 25 heavy (non-hydrogen) atoms. The average molecular weight is 336 g/mol. The minimum absolute atomic E-state index is 0.155. The number of nitrogens with zero attached hydrogens (tertiary/aromatic N) is 1. The van der Waals surface area contributed by atoms with E-state index in [0.29, 0.717) is 13.0 Å². The van der Waals surface area contributed by atoms with Gasteiger partial charge in [0.05, 0.1) is 6.04 Å². The molecule has 3 nitrogen and oxygen atoms in total. The third-order valence-corrected chi connectivity index (χ3v) is 4.27. The molecular weight excluding hydrogens is 315 g/mol. The Labute approximate surface area is 146 Å². The van der Waals surface area contributed by atoms with E-state index in [-0.39, 0.29) is 11.7 Å². The smallest absolute Gasteiger partial charge is 0.239 e. The van der Waals surface area contributed by atoms with Crippen molar-refractivity contribution in [3.8, 4) is 0 Å². The van der Waals surface area contributed by atoms with E-state index >= 15 is 0 Å². The van der Waals surface area contributed by atoms with Crippen LogP contribution in [0.1, 0.15) is 11.1 Å². The number of carbonyl (C=O) groups is 1. The maximum absolute atomic E-state index is 13.3. The fourth-order valence-electron chi connectivity index (χ4n) is 2.98. The van der Waals surface area contributed by atoms with Crippen LogP contribution in [0.3, 0.4) is 0 Å². The van der Waals surface area contributed by atoms with Crippen LogP contribution in [-0.4, -0.2) is 23.9 Å². The third-order valence-electron chi connectivity index (χ3n) is 4.27. The third kappa shape index (κ3) is 4.22. The summed E-state index contributed by atoms with van der Waals surface area (Å²) < 4.78 is 13.3. The number of halogens is 1. The van der Waals surface area contributed by atoms with Gasteiger partial charge < -0.3 is 10.6 Å². The number of amides is 1. The maximum Gasteiger partial charge on any atom is 0.239 e. The number of carbonyl (C=O) groups excluding carboxylic acids is 1. The van der Waals surface area contributed by atoms with Gasteiger partial charge in [-0.05, 0) is 40.5 Å². The van der Waals surface area contributed by atoms with Crippen LogP contribution in [0.4, 0.5) is 4.39 Å². The van der Waals surface area contributed by atoms with E-state index in [1.54, 1.807) is 24.1 Å². The van der Waals surface area contributed by atoms with Gasteiger partial charge in [0.15, 0.2) is 0 Å². The Kier molecular flexibility index (Phi) is 5.10. The lowest BCUT2D eigenvalue weighted by Crippen LogP contribution is -2.42. The molecular formula is C21H21FN2O. The molecule has 2 N–H and O–H groups in total. The monoisotopic (exact) mass is 336 g/mol. The molecule has 0 fully saturated rings. The molecule has 3 aromatic rings. The summed E-state index contributed by atoms with van der Waals surface area (Å²) in [6.45, 7) is 0.335. The van der Waals surface area contributed by atoms with E-state index in [0.717, 1.165) is 21.9 Å². The molecule has 0 saturated carbocycles. The summed E-state index contributed by atoms with van der Waals surface area (Å²) in [7, 11) is 1.69. The van der Waals surface area contributed by atoms with Gasteiger partial charge in [-0.3, -0.25) is 4.79 Å². The molecule has 0 aromatic heterocycles. The van der Waals surface area contributed by atoms with Crippen molar-refractivity contribution in [1.82, 2.24) is 4.90 Å². The molecule has 0 spiro atoms. The predicted octanol–water partition coefficient (Wildman–Crippen LogP) is 3.51. The highest BCUT2D eigenvalue weighted by atomic mass is 19.1. The van der Waals surface area contributed by atoms with Crippen molar-refractivity contribution in [3.63, 3.8) is 0 Å². The Balaban J connectivity index is 1.66. The highest BCUT2D eigenvalue weighted by Gasteiger charge is 2.19. The highest BCUT2D eigenvalue weighted by Crippen LogP contribution is 2.17. The second kappa shape index (κ2) is 7.45. The molecule has 128 valence electrons. The Morgan fingerprint density at radius 2 is 1.76 bits per heavy atom. The molecule has 3 aromatic carbocycles. The number of rotatable bonds is 5. The molecule has 0 aliphatic rings. The van der Waals surface area contributed by atoms with Crippen molar-refractivity contribution in [1.29, 1.82) is 0 Å². The highest BCUT2D eigenvalue weighted by molar-refractivity contribution is 5.84. The van der Waals surface area contributed by atoms with Crippen LogP contribution in [0.5, 0.6) is 0 Å². The molecule has 0 bridgehead atoms. The topological polar surface area (TPSA) is 46.3 Å². The second-order valence-corrected chi connectivity index (χ2v) is 6.32. The number of hydrogen-bond acceptors (Lipinski definition) is 2. The van der Waals surface area contributed by atoms with Crippen LogP contribution in [0.2, 0.25) is 0 Å². The van der Waals surface area contributed by atoms with Crippen molar-refractivity contribution < 1.29 is 9.18 Å². The van der Waals surface area contributed by atoms with Gasteiger partial charge in [0.1, 0.15) is 5.82 Å². The van der Waals surface area contributed by atoms with Gasteiger partial charge in [0, 0.05) is 13.6 Å². The summed E-state index contributed by atoms with van der Waals surface area (Å²) >= 11 is 0. The number of fused-ring (bicyclic) bond motifs is 1. The molecule has 0 aliphatic heterocycles. The van der Waals surface area contributed by atoms with Gasteiger partial charge in [0.2, 0.25) is 5.91 Å². The molecule has 1 atom stereocenters. The SMILES string of the molecule is CN(Cc1cccc(F)c1)C(=O)C(N)Cc1ccc2ccccc2c1. The zero-order valence-corrected chi connectivity index (χ0v) is 14.2. The predicted molar refractivity (Wildman–Crippen MR) is 98.5 cm³/mol. The molecule has 0 heterocycles. The van der Waals surface area contributed by atoms with Gasteiger partial charge in [-0.15, -0.1) is 0 Å². The first-order valence-electron chi connectivity index (χ1n) is 8.25. The standard InChI is InChI=1S/C21H21FN2O/c1-24(14-16-5-4-8-19(22)12-16)21(25)20(23)13-15-9-10-17-6-2-3-7-18(17)11-15/h2-12,20H,13-14,23H2,1H3. The minimum atomic E-state index is -0.625. The average Bonchev–Trinajstić information content (AvgIpc) is 2.61. The fraction of sp³-hybridized carbons (Fsp3) is 0.190. The summed E-state index contributed by atoms with van der Waals surface area (Å²) in [5, 5.41) is 2.29.